The third-order valence-corrected chi connectivity index (χ3v) is 5.17. The van der Waals surface area contributed by atoms with Crippen molar-refractivity contribution in [2.75, 3.05) is 18.9 Å². The molecule has 3 heterocycles. The van der Waals surface area contributed by atoms with Gasteiger partial charge >= 0.3 is 0 Å². The van der Waals surface area contributed by atoms with Crippen LogP contribution in [0.15, 0.2) is 18.3 Å². The van der Waals surface area contributed by atoms with Crippen LogP contribution in [0.25, 0.3) is 10.2 Å². The van der Waals surface area contributed by atoms with Gasteiger partial charge in [0.25, 0.3) is 5.91 Å². The predicted molar refractivity (Wildman–Crippen MR) is 84.5 cm³/mol. The highest BCUT2D eigenvalue weighted by Crippen LogP contribution is 2.32. The average molecular weight is 305 g/mol. The van der Waals surface area contributed by atoms with Crippen molar-refractivity contribution < 1.29 is 9.53 Å². The minimum atomic E-state index is -0.102. The Morgan fingerprint density at radius 2 is 2.29 bits per heavy atom. The fourth-order valence-corrected chi connectivity index (χ4v) is 3.69. The van der Waals surface area contributed by atoms with Crippen molar-refractivity contribution in [3.05, 3.63) is 23.2 Å². The predicted octanol–water partition coefficient (Wildman–Crippen LogP) is 2.42. The van der Waals surface area contributed by atoms with E-state index >= 15 is 0 Å². The van der Waals surface area contributed by atoms with Crippen molar-refractivity contribution in [1.82, 2.24) is 10.3 Å². The van der Waals surface area contributed by atoms with Gasteiger partial charge in [-0.25, -0.2) is 4.98 Å². The molecule has 0 saturated carbocycles. The molecular weight excluding hydrogens is 286 g/mol. The topological polar surface area (TPSA) is 77.2 Å². The third kappa shape index (κ3) is 2.87. The van der Waals surface area contributed by atoms with Gasteiger partial charge in [0.2, 0.25) is 0 Å². The fourth-order valence-electron chi connectivity index (χ4n) is 2.73. The van der Waals surface area contributed by atoms with Gasteiger partial charge in [0.05, 0.1) is 5.69 Å². The van der Waals surface area contributed by atoms with E-state index in [4.69, 9.17) is 10.5 Å². The van der Waals surface area contributed by atoms with Crippen LogP contribution >= 0.6 is 11.3 Å². The van der Waals surface area contributed by atoms with Crippen LogP contribution in [0.4, 0.5) is 5.69 Å². The fraction of sp³-hybridized carbons (Fsp3) is 0.467. The molecule has 112 valence electrons. The van der Waals surface area contributed by atoms with Crippen LogP contribution in [0.2, 0.25) is 0 Å². The third-order valence-electron chi connectivity index (χ3n) is 4.04. The normalized spacial score (nSPS) is 17.8. The molecule has 0 aliphatic carbocycles. The van der Waals surface area contributed by atoms with E-state index in [0.29, 0.717) is 16.5 Å². The first kappa shape index (κ1) is 14.3. The number of ether oxygens (including phenoxy) is 1. The van der Waals surface area contributed by atoms with Crippen molar-refractivity contribution in [3.63, 3.8) is 0 Å². The van der Waals surface area contributed by atoms with Crippen molar-refractivity contribution in [1.29, 1.82) is 0 Å². The molecule has 0 bridgehead atoms. The second-order valence-corrected chi connectivity index (χ2v) is 6.41. The molecule has 1 fully saturated rings. The summed E-state index contributed by atoms with van der Waals surface area (Å²) in [6, 6.07) is 3.85. The molecule has 1 saturated heterocycles. The maximum absolute atomic E-state index is 12.4. The molecular formula is C15H19N3O2S. The smallest absolute Gasteiger partial charge is 0.263 e. The minimum Gasteiger partial charge on any atom is -0.397 e. The number of hydrogen-bond acceptors (Lipinski definition) is 5. The molecule has 1 aliphatic rings. The minimum absolute atomic E-state index is 0.102. The zero-order chi connectivity index (χ0) is 14.8. The number of thiophene rings is 1. The summed E-state index contributed by atoms with van der Waals surface area (Å²) in [5.41, 5.74) is 6.61. The summed E-state index contributed by atoms with van der Waals surface area (Å²) < 4.78 is 5.36. The van der Waals surface area contributed by atoms with E-state index in [0.717, 1.165) is 36.3 Å². The van der Waals surface area contributed by atoms with Gasteiger partial charge in [-0.15, -0.1) is 11.3 Å². The Morgan fingerprint density at radius 1 is 1.52 bits per heavy atom. The number of nitrogens with one attached hydrogen (secondary N) is 1. The molecule has 1 amide bonds. The Labute approximate surface area is 127 Å². The highest BCUT2D eigenvalue weighted by atomic mass is 32.1. The molecule has 1 atom stereocenters. The van der Waals surface area contributed by atoms with Gasteiger partial charge in [-0.1, -0.05) is 0 Å². The summed E-state index contributed by atoms with van der Waals surface area (Å²) in [5, 5.41) is 3.93. The Balaban J connectivity index is 1.75. The van der Waals surface area contributed by atoms with Crippen LogP contribution in [0.1, 0.15) is 29.4 Å². The Bertz CT molecular complexity index is 649. The highest BCUT2D eigenvalue weighted by molar-refractivity contribution is 7.21. The summed E-state index contributed by atoms with van der Waals surface area (Å²) in [7, 11) is 0. The first-order chi connectivity index (χ1) is 10.2. The van der Waals surface area contributed by atoms with Gasteiger partial charge in [0.1, 0.15) is 9.71 Å². The number of nitrogens with two attached hydrogens (primary N) is 1. The Morgan fingerprint density at radius 3 is 3.00 bits per heavy atom. The average Bonchev–Trinajstić information content (AvgIpc) is 2.86. The lowest BCUT2D eigenvalue weighted by atomic mass is 9.93. The van der Waals surface area contributed by atoms with Crippen LogP contribution in [-0.4, -0.2) is 30.1 Å². The van der Waals surface area contributed by atoms with E-state index in [1.54, 1.807) is 6.20 Å². The number of carbonyl (C=O) groups is 1. The lowest BCUT2D eigenvalue weighted by Crippen LogP contribution is -2.40. The lowest BCUT2D eigenvalue weighted by molar-refractivity contribution is 0.0539. The largest absolute Gasteiger partial charge is 0.397 e. The van der Waals surface area contributed by atoms with Crippen molar-refractivity contribution in [2.45, 2.75) is 25.8 Å². The quantitative estimate of drug-likeness (QED) is 0.913. The number of aromatic nitrogens is 1. The van der Waals surface area contributed by atoms with E-state index in [2.05, 4.69) is 17.2 Å². The summed E-state index contributed by atoms with van der Waals surface area (Å²) >= 11 is 1.35. The van der Waals surface area contributed by atoms with E-state index in [-0.39, 0.29) is 11.9 Å². The van der Waals surface area contributed by atoms with Gasteiger partial charge in [-0.05, 0) is 37.8 Å². The highest BCUT2D eigenvalue weighted by Gasteiger charge is 2.24. The standard InChI is InChI=1S/C15H19N3O2S/c1-9(10-4-7-20-8-5-10)18-14(19)13-12(16)11-3-2-6-17-15(11)21-13/h2-3,6,9-10H,4-5,7-8,16H2,1H3,(H,18,19). The van der Waals surface area contributed by atoms with Crippen molar-refractivity contribution in [3.8, 4) is 0 Å². The molecule has 3 rings (SSSR count). The summed E-state index contributed by atoms with van der Waals surface area (Å²) in [6.45, 7) is 3.61. The molecule has 0 spiro atoms. The van der Waals surface area contributed by atoms with E-state index in [9.17, 15) is 4.79 Å². The van der Waals surface area contributed by atoms with Crippen LogP contribution in [0.3, 0.4) is 0 Å². The first-order valence-corrected chi connectivity index (χ1v) is 8.00. The monoisotopic (exact) mass is 305 g/mol. The lowest BCUT2D eigenvalue weighted by Gasteiger charge is -2.28. The van der Waals surface area contributed by atoms with Gasteiger partial charge in [-0.3, -0.25) is 4.79 Å². The van der Waals surface area contributed by atoms with Gasteiger partial charge in [0, 0.05) is 30.8 Å². The number of anilines is 1. The van der Waals surface area contributed by atoms with Crippen LogP contribution in [0.5, 0.6) is 0 Å². The van der Waals surface area contributed by atoms with Gasteiger partial charge in [-0.2, -0.15) is 0 Å². The second kappa shape index (κ2) is 5.99. The maximum Gasteiger partial charge on any atom is 0.263 e. The molecule has 0 radical (unpaired) electrons. The molecule has 2 aromatic heterocycles. The molecule has 0 aromatic carbocycles. The number of pyridine rings is 1. The van der Waals surface area contributed by atoms with Gasteiger partial charge in [0.15, 0.2) is 0 Å². The second-order valence-electron chi connectivity index (χ2n) is 5.41. The zero-order valence-corrected chi connectivity index (χ0v) is 12.8. The molecule has 5 nitrogen and oxygen atoms in total. The molecule has 1 aliphatic heterocycles. The van der Waals surface area contributed by atoms with Crippen LogP contribution < -0.4 is 11.1 Å². The Hall–Kier alpha value is -1.66. The number of hydrogen-bond donors (Lipinski definition) is 2. The summed E-state index contributed by atoms with van der Waals surface area (Å²) in [5.74, 6) is 0.367. The van der Waals surface area contributed by atoms with Crippen LogP contribution in [0, 0.1) is 5.92 Å². The summed E-state index contributed by atoms with van der Waals surface area (Å²) in [6.07, 6.45) is 3.69. The Kier molecular flexibility index (Phi) is 4.07. The van der Waals surface area contributed by atoms with Crippen LogP contribution in [-0.2, 0) is 4.74 Å². The first-order valence-electron chi connectivity index (χ1n) is 7.18. The SMILES string of the molecule is CC(NC(=O)c1sc2ncccc2c1N)C1CCOCC1. The maximum atomic E-state index is 12.4. The van der Waals surface area contributed by atoms with Gasteiger partial charge < -0.3 is 15.8 Å². The molecule has 2 aromatic rings. The van der Waals surface area contributed by atoms with E-state index < -0.39 is 0 Å². The number of carbonyl (C=O) groups excluding carboxylic acids is 1. The molecule has 21 heavy (non-hydrogen) atoms. The zero-order valence-electron chi connectivity index (χ0n) is 12.0. The molecule has 6 heteroatoms. The van der Waals surface area contributed by atoms with Crippen molar-refractivity contribution >= 4 is 33.1 Å². The number of rotatable bonds is 3. The number of nitrogens with zero attached hydrogens (tertiary/aromatic N) is 1. The molecule has 1 unspecified atom stereocenters. The number of fused-ring (bicyclic) bond motifs is 1. The molecule has 3 N–H and O–H groups in total. The number of amides is 1. The van der Waals surface area contributed by atoms with Crippen molar-refractivity contribution in [2.24, 2.45) is 5.92 Å². The summed E-state index contributed by atoms with van der Waals surface area (Å²) in [4.78, 5) is 18.1. The van der Waals surface area contributed by atoms with E-state index in [1.807, 2.05) is 12.1 Å². The number of nitrogen functional groups attached to an aromatic ring is 1. The van der Waals surface area contributed by atoms with E-state index in [1.165, 1.54) is 11.3 Å².